The monoisotopic (exact) mass is 571 g/mol. The normalized spacial score (nSPS) is 15.2. The summed E-state index contributed by atoms with van der Waals surface area (Å²) in [6.45, 7) is 7.32. The van der Waals surface area contributed by atoms with Crippen LogP contribution >= 0.6 is 22.9 Å². The number of nitro groups is 1. The predicted molar refractivity (Wildman–Crippen MR) is 147 cm³/mol. The zero-order valence-electron chi connectivity index (χ0n) is 21.9. The second-order valence-corrected chi connectivity index (χ2v) is 10.3. The van der Waals surface area contributed by atoms with Crippen molar-refractivity contribution >= 4 is 40.7 Å². The molecule has 1 aromatic heterocycles. The fourth-order valence-electron chi connectivity index (χ4n) is 4.22. The summed E-state index contributed by atoms with van der Waals surface area (Å²) in [6.07, 6.45) is 1.44. The van der Waals surface area contributed by atoms with Crippen LogP contribution in [0.2, 0.25) is 5.02 Å². The molecule has 10 nitrogen and oxygen atoms in total. The lowest BCUT2D eigenvalue weighted by molar-refractivity contribution is -0.384. The molecule has 2 heterocycles. The van der Waals surface area contributed by atoms with Crippen LogP contribution in [0.5, 0.6) is 11.5 Å². The van der Waals surface area contributed by atoms with Crippen molar-refractivity contribution < 1.29 is 23.9 Å². The summed E-state index contributed by atoms with van der Waals surface area (Å²) in [5.41, 5.74) is 0.956. The molecule has 1 atom stereocenters. The molecular formula is C27H26ClN3O7S. The maximum Gasteiger partial charge on any atom is 0.338 e. The number of allylic oxidation sites excluding steroid dienone is 1. The van der Waals surface area contributed by atoms with Gasteiger partial charge in [-0.1, -0.05) is 35.1 Å². The predicted octanol–water partition coefficient (Wildman–Crippen LogP) is 4.16. The van der Waals surface area contributed by atoms with Gasteiger partial charge in [0.2, 0.25) is 0 Å². The zero-order valence-corrected chi connectivity index (χ0v) is 23.5. The molecule has 0 spiro atoms. The molecule has 12 heteroatoms. The summed E-state index contributed by atoms with van der Waals surface area (Å²) in [5.74, 6) is 0.369. The number of nitro benzene ring substituents is 1. The van der Waals surface area contributed by atoms with Gasteiger partial charge in [-0.15, -0.1) is 0 Å². The van der Waals surface area contributed by atoms with Gasteiger partial charge in [-0.3, -0.25) is 19.5 Å². The standard InChI is InChI=1S/C27H26ClN3O7S/c1-6-37-26(33)23-15(4)29-27-30(24(23)17-8-10-20(38-14(2)3)21(13-17)36-5)25(32)22(39-27)12-16-7-9-18(28)19(11-16)31(34)35/h7-14,24H,6H2,1-5H3. The molecule has 0 amide bonds. The van der Waals surface area contributed by atoms with Gasteiger partial charge >= 0.3 is 5.97 Å². The van der Waals surface area contributed by atoms with Crippen molar-refractivity contribution in [1.29, 1.82) is 0 Å². The smallest absolute Gasteiger partial charge is 0.338 e. The maximum atomic E-state index is 13.8. The number of hydrogen-bond acceptors (Lipinski definition) is 9. The molecule has 0 fully saturated rings. The number of rotatable bonds is 8. The van der Waals surface area contributed by atoms with Crippen LogP contribution in [0.15, 0.2) is 57.5 Å². The van der Waals surface area contributed by atoms with Crippen molar-refractivity contribution in [2.24, 2.45) is 4.99 Å². The van der Waals surface area contributed by atoms with E-state index in [1.54, 1.807) is 38.1 Å². The first kappa shape index (κ1) is 28.1. The number of aromatic nitrogens is 1. The molecule has 39 heavy (non-hydrogen) atoms. The van der Waals surface area contributed by atoms with Gasteiger partial charge in [0, 0.05) is 6.07 Å². The van der Waals surface area contributed by atoms with Gasteiger partial charge in [-0.05, 0) is 63.1 Å². The summed E-state index contributed by atoms with van der Waals surface area (Å²) < 4.78 is 18.4. The number of carbonyl (C=O) groups is 1. The van der Waals surface area contributed by atoms with E-state index in [0.29, 0.717) is 33.1 Å². The van der Waals surface area contributed by atoms with Gasteiger partial charge in [-0.25, -0.2) is 9.79 Å². The third-order valence-corrected chi connectivity index (χ3v) is 7.15. The summed E-state index contributed by atoms with van der Waals surface area (Å²) in [5, 5.41) is 11.3. The van der Waals surface area contributed by atoms with Gasteiger partial charge in [0.05, 0.1) is 46.6 Å². The van der Waals surface area contributed by atoms with Crippen LogP contribution in [-0.2, 0) is 9.53 Å². The lowest BCUT2D eigenvalue weighted by Crippen LogP contribution is -2.40. The van der Waals surface area contributed by atoms with Crippen LogP contribution in [0.25, 0.3) is 6.08 Å². The van der Waals surface area contributed by atoms with Crippen LogP contribution < -0.4 is 24.4 Å². The highest BCUT2D eigenvalue weighted by molar-refractivity contribution is 7.07. The molecule has 0 saturated carbocycles. The van der Waals surface area contributed by atoms with E-state index in [1.165, 1.54) is 29.9 Å². The molecule has 0 N–H and O–H groups in total. The third-order valence-electron chi connectivity index (χ3n) is 5.85. The molecule has 4 rings (SSSR count). The van der Waals surface area contributed by atoms with Crippen LogP contribution in [0.4, 0.5) is 5.69 Å². The molecule has 0 bridgehead atoms. The Labute approximate surface area is 232 Å². The highest BCUT2D eigenvalue weighted by Gasteiger charge is 2.34. The van der Waals surface area contributed by atoms with E-state index in [1.807, 2.05) is 13.8 Å². The van der Waals surface area contributed by atoms with Crippen molar-refractivity contribution in [2.45, 2.75) is 39.8 Å². The second-order valence-electron chi connectivity index (χ2n) is 8.85. The number of ether oxygens (including phenoxy) is 3. The van der Waals surface area contributed by atoms with E-state index >= 15 is 0 Å². The molecule has 0 radical (unpaired) electrons. The number of halogens is 1. The number of benzene rings is 2. The van der Waals surface area contributed by atoms with E-state index in [-0.39, 0.29) is 33.5 Å². The Morgan fingerprint density at radius 3 is 2.64 bits per heavy atom. The van der Waals surface area contributed by atoms with Crippen molar-refractivity contribution in [3.63, 3.8) is 0 Å². The fourth-order valence-corrected chi connectivity index (χ4v) is 5.46. The van der Waals surface area contributed by atoms with Gasteiger partial charge in [0.1, 0.15) is 5.02 Å². The van der Waals surface area contributed by atoms with Crippen LogP contribution in [-0.4, -0.2) is 35.3 Å². The zero-order chi connectivity index (χ0) is 28.4. The highest BCUT2D eigenvalue weighted by atomic mass is 35.5. The van der Waals surface area contributed by atoms with Gasteiger partial charge < -0.3 is 14.2 Å². The Balaban J connectivity index is 1.94. The molecule has 3 aromatic rings. The first-order valence-electron chi connectivity index (χ1n) is 12.0. The van der Waals surface area contributed by atoms with Crippen molar-refractivity contribution in [2.75, 3.05) is 13.7 Å². The number of esters is 1. The molecule has 1 unspecified atom stereocenters. The van der Waals surface area contributed by atoms with Crippen molar-refractivity contribution in [3.05, 3.63) is 93.6 Å². The number of thiazole rings is 1. The first-order chi connectivity index (χ1) is 18.5. The van der Waals surface area contributed by atoms with E-state index < -0.39 is 22.5 Å². The maximum absolute atomic E-state index is 13.8. The molecule has 0 aliphatic carbocycles. The largest absolute Gasteiger partial charge is 0.493 e. The number of hydrogen-bond donors (Lipinski definition) is 0. The number of carbonyl (C=O) groups excluding carboxylic acids is 1. The minimum absolute atomic E-state index is 0.00727. The lowest BCUT2D eigenvalue weighted by atomic mass is 9.95. The molecular weight excluding hydrogens is 546 g/mol. The Bertz CT molecular complexity index is 1670. The Morgan fingerprint density at radius 2 is 2.00 bits per heavy atom. The van der Waals surface area contributed by atoms with E-state index in [4.69, 9.17) is 25.8 Å². The summed E-state index contributed by atoms with van der Waals surface area (Å²) in [6, 6.07) is 8.65. The Hall–Kier alpha value is -3.96. The molecule has 0 saturated heterocycles. The second kappa shape index (κ2) is 11.4. The Kier molecular flexibility index (Phi) is 8.22. The van der Waals surface area contributed by atoms with Gasteiger partial charge in [-0.2, -0.15) is 0 Å². The van der Waals surface area contributed by atoms with Crippen LogP contribution in [0.1, 0.15) is 44.9 Å². The Morgan fingerprint density at radius 1 is 1.26 bits per heavy atom. The topological polar surface area (TPSA) is 122 Å². The third kappa shape index (κ3) is 5.59. The minimum atomic E-state index is -0.857. The SMILES string of the molecule is CCOC(=O)C1=C(C)N=c2sc(=Cc3ccc(Cl)c([N+](=O)[O-])c3)c(=O)n2C1c1ccc(OC(C)C)c(OC)c1. The van der Waals surface area contributed by atoms with E-state index in [9.17, 15) is 19.7 Å². The average Bonchev–Trinajstić information content (AvgIpc) is 3.18. The van der Waals surface area contributed by atoms with Gasteiger partial charge in [0.25, 0.3) is 11.2 Å². The molecule has 2 aromatic carbocycles. The number of fused-ring (bicyclic) bond motifs is 1. The molecule has 204 valence electrons. The van der Waals surface area contributed by atoms with Crippen molar-refractivity contribution in [3.8, 4) is 11.5 Å². The average molecular weight is 572 g/mol. The lowest BCUT2D eigenvalue weighted by Gasteiger charge is -2.25. The quantitative estimate of drug-likeness (QED) is 0.226. The first-order valence-corrected chi connectivity index (χ1v) is 13.2. The number of methoxy groups -OCH3 is 1. The summed E-state index contributed by atoms with van der Waals surface area (Å²) >= 11 is 7.05. The molecule has 1 aliphatic heterocycles. The highest BCUT2D eigenvalue weighted by Crippen LogP contribution is 2.36. The molecule has 1 aliphatic rings. The van der Waals surface area contributed by atoms with E-state index in [0.717, 1.165) is 11.3 Å². The minimum Gasteiger partial charge on any atom is -0.493 e. The summed E-state index contributed by atoms with van der Waals surface area (Å²) in [7, 11) is 1.51. The fraction of sp³-hybridized carbons (Fsp3) is 0.296. The number of nitrogens with zero attached hydrogens (tertiary/aromatic N) is 3. The van der Waals surface area contributed by atoms with Crippen LogP contribution in [0, 0.1) is 10.1 Å². The van der Waals surface area contributed by atoms with E-state index in [2.05, 4.69) is 4.99 Å². The van der Waals surface area contributed by atoms with Crippen LogP contribution in [0.3, 0.4) is 0 Å². The van der Waals surface area contributed by atoms with Gasteiger partial charge in [0.15, 0.2) is 16.3 Å². The van der Waals surface area contributed by atoms with Crippen molar-refractivity contribution in [1.82, 2.24) is 4.57 Å². The summed E-state index contributed by atoms with van der Waals surface area (Å²) in [4.78, 5) is 42.6.